The van der Waals surface area contributed by atoms with Gasteiger partial charge in [-0.15, -0.1) is 0 Å². The molecule has 7 heteroatoms. The van der Waals surface area contributed by atoms with Gasteiger partial charge in [0.2, 0.25) is 0 Å². The molecule has 1 atom stereocenters. The van der Waals surface area contributed by atoms with E-state index in [4.69, 9.17) is 4.74 Å². The van der Waals surface area contributed by atoms with Crippen LogP contribution < -0.4 is 0 Å². The average Bonchev–Trinajstić information content (AvgIpc) is 3.22. The summed E-state index contributed by atoms with van der Waals surface area (Å²) in [6.45, 7) is 12.2. The Bertz CT molecular complexity index is 1350. The highest BCUT2D eigenvalue weighted by Crippen LogP contribution is 2.31. The zero-order chi connectivity index (χ0) is 27.6. The lowest BCUT2D eigenvalue weighted by molar-refractivity contribution is 0.0544. The molecule has 4 rings (SSSR count). The van der Waals surface area contributed by atoms with Gasteiger partial charge in [0.05, 0.1) is 15.2 Å². The predicted octanol–water partition coefficient (Wildman–Crippen LogP) is 6.71. The lowest BCUT2D eigenvalue weighted by Gasteiger charge is -2.33. The molecule has 0 radical (unpaired) electrons. The smallest absolute Gasteiger partial charge is 0.419 e. The maximum Gasteiger partial charge on any atom is 0.419 e. The van der Waals surface area contributed by atoms with Crippen molar-refractivity contribution in [3.63, 3.8) is 0 Å². The lowest BCUT2D eigenvalue weighted by Crippen LogP contribution is -2.38. The monoisotopic (exact) mass is 538 g/mol. The number of nitrogens with zero attached hydrogens (tertiary/aromatic N) is 2. The predicted molar refractivity (Wildman–Crippen MR) is 153 cm³/mol. The van der Waals surface area contributed by atoms with Crippen LogP contribution in [0, 0.1) is 5.92 Å². The first-order chi connectivity index (χ1) is 17.9. The molecule has 3 aromatic rings. The molecule has 0 N–H and O–H groups in total. The molecule has 1 fully saturated rings. The summed E-state index contributed by atoms with van der Waals surface area (Å²) < 4.78 is 32.8. The number of hydrogen-bond donors (Lipinski definition) is 0. The summed E-state index contributed by atoms with van der Waals surface area (Å²) in [6.07, 6.45) is 6.24. The molecule has 0 aliphatic carbocycles. The minimum Gasteiger partial charge on any atom is -0.443 e. The fourth-order valence-electron chi connectivity index (χ4n) is 5.49. The zero-order valence-electron chi connectivity index (χ0n) is 23.4. The molecule has 38 heavy (non-hydrogen) atoms. The summed E-state index contributed by atoms with van der Waals surface area (Å²) in [5.41, 5.74) is 1.50. The van der Waals surface area contributed by atoms with Gasteiger partial charge in [-0.25, -0.2) is 13.2 Å². The first-order valence-electron chi connectivity index (χ1n) is 13.7. The molecule has 1 aliphatic rings. The number of rotatable bonds is 8. The normalized spacial score (nSPS) is 17.6. The summed E-state index contributed by atoms with van der Waals surface area (Å²) in [7, 11) is -3.39. The number of fused-ring (bicyclic) bond motifs is 1. The Labute approximate surface area is 227 Å². The third-order valence-electron chi connectivity index (χ3n) is 7.53. The van der Waals surface area contributed by atoms with E-state index in [0.717, 1.165) is 56.2 Å². The van der Waals surface area contributed by atoms with Gasteiger partial charge in [0.15, 0.2) is 9.84 Å². The topological polar surface area (TPSA) is 68.6 Å². The molecule has 2 heterocycles. The Balaban J connectivity index is 1.38. The number of likely N-dealkylation sites (tertiary alicyclic amines) is 1. The second-order valence-electron chi connectivity index (χ2n) is 12.2. The molecule has 0 bridgehead atoms. The fraction of sp³-hybridized carbons (Fsp3) is 0.516. The highest BCUT2D eigenvalue weighted by Gasteiger charge is 2.35. The minimum atomic E-state index is -3.39. The van der Waals surface area contributed by atoms with Crippen LogP contribution in [0.4, 0.5) is 4.79 Å². The maximum absolute atomic E-state index is 13.2. The Morgan fingerprint density at radius 1 is 1.00 bits per heavy atom. The Hall–Kier alpha value is -2.64. The van der Waals surface area contributed by atoms with Crippen molar-refractivity contribution in [3.8, 4) is 0 Å². The molecule has 206 valence electrons. The van der Waals surface area contributed by atoms with Gasteiger partial charge in [-0.05, 0) is 109 Å². The Morgan fingerprint density at radius 3 is 2.39 bits per heavy atom. The van der Waals surface area contributed by atoms with Gasteiger partial charge in [-0.1, -0.05) is 36.4 Å². The minimum absolute atomic E-state index is 0.349. The van der Waals surface area contributed by atoms with Crippen LogP contribution in [0.25, 0.3) is 10.9 Å². The molecule has 1 unspecified atom stereocenters. The van der Waals surface area contributed by atoms with Gasteiger partial charge in [-0.2, -0.15) is 0 Å². The summed E-state index contributed by atoms with van der Waals surface area (Å²) in [4.78, 5) is 15.8. The van der Waals surface area contributed by atoms with Crippen LogP contribution in [0.5, 0.6) is 0 Å². The molecular formula is C31H42N2O4S. The standard InChI is InChI=1S/C31H42N2O4S/c1-30(2,3)37-29(34)33-23-25(27-16-9-10-17-28(27)33)21-24-13-11-19-32(22-24)20-12-18-31(4,5)38(35,36)26-14-7-6-8-15-26/h6-10,14-17,23-24H,11-13,18-22H2,1-5H3. The van der Waals surface area contributed by atoms with Gasteiger partial charge in [0, 0.05) is 18.1 Å². The van der Waals surface area contributed by atoms with Crippen molar-refractivity contribution in [2.75, 3.05) is 19.6 Å². The van der Waals surface area contributed by atoms with E-state index in [1.54, 1.807) is 28.8 Å². The highest BCUT2D eigenvalue weighted by atomic mass is 32.2. The van der Waals surface area contributed by atoms with Crippen molar-refractivity contribution in [3.05, 3.63) is 66.4 Å². The van der Waals surface area contributed by atoms with E-state index in [-0.39, 0.29) is 6.09 Å². The SMILES string of the molecule is CC(C)(C)OC(=O)n1cc(CC2CCCN(CCCC(C)(C)S(=O)(=O)c3ccccc3)C2)c2ccccc21. The van der Waals surface area contributed by atoms with E-state index < -0.39 is 20.2 Å². The van der Waals surface area contributed by atoms with Crippen LogP contribution in [-0.2, 0) is 21.0 Å². The highest BCUT2D eigenvalue weighted by molar-refractivity contribution is 7.92. The van der Waals surface area contributed by atoms with Crippen LogP contribution in [0.2, 0.25) is 0 Å². The second kappa shape index (κ2) is 11.2. The number of carbonyl (C=O) groups excluding carboxylic acids is 1. The molecule has 6 nitrogen and oxygen atoms in total. The van der Waals surface area contributed by atoms with Crippen LogP contribution in [0.15, 0.2) is 65.7 Å². The molecule has 1 aromatic heterocycles. The first kappa shape index (κ1) is 28.4. The number of ether oxygens (including phenoxy) is 1. The number of carbonyl (C=O) groups is 1. The molecule has 1 aliphatic heterocycles. The summed E-state index contributed by atoms with van der Waals surface area (Å²) in [5.74, 6) is 0.489. The second-order valence-corrected chi connectivity index (χ2v) is 14.8. The third-order valence-corrected chi connectivity index (χ3v) is 10.1. The molecular weight excluding hydrogens is 496 g/mol. The molecule has 0 saturated carbocycles. The quantitative estimate of drug-likeness (QED) is 0.319. The van der Waals surface area contributed by atoms with Gasteiger partial charge < -0.3 is 9.64 Å². The number of benzene rings is 2. The van der Waals surface area contributed by atoms with E-state index in [1.807, 2.05) is 65.1 Å². The van der Waals surface area contributed by atoms with Gasteiger partial charge in [0.25, 0.3) is 0 Å². The number of sulfone groups is 1. The summed E-state index contributed by atoms with van der Waals surface area (Å²) in [6, 6.07) is 16.8. The van der Waals surface area contributed by atoms with Gasteiger partial charge in [0.1, 0.15) is 5.60 Å². The van der Waals surface area contributed by atoms with E-state index in [0.29, 0.717) is 17.2 Å². The molecule has 2 aromatic carbocycles. The molecule has 1 saturated heterocycles. The van der Waals surface area contributed by atoms with E-state index in [2.05, 4.69) is 11.0 Å². The van der Waals surface area contributed by atoms with Crippen LogP contribution in [-0.4, -0.2) is 54.0 Å². The number of para-hydroxylation sites is 1. The van der Waals surface area contributed by atoms with Crippen LogP contribution in [0.1, 0.15) is 65.9 Å². The lowest BCUT2D eigenvalue weighted by atomic mass is 9.91. The third kappa shape index (κ3) is 6.49. The number of piperidine rings is 1. The summed E-state index contributed by atoms with van der Waals surface area (Å²) in [5, 5.41) is 1.10. The van der Waals surface area contributed by atoms with Crippen molar-refractivity contribution in [2.45, 2.75) is 82.0 Å². The maximum atomic E-state index is 13.2. The zero-order valence-corrected chi connectivity index (χ0v) is 24.3. The van der Waals surface area contributed by atoms with Gasteiger partial charge in [-0.3, -0.25) is 4.57 Å². The fourth-order valence-corrected chi connectivity index (χ4v) is 7.05. The van der Waals surface area contributed by atoms with E-state index in [1.165, 1.54) is 5.56 Å². The summed E-state index contributed by atoms with van der Waals surface area (Å²) >= 11 is 0. The van der Waals surface area contributed by atoms with Crippen LogP contribution >= 0.6 is 0 Å². The van der Waals surface area contributed by atoms with Crippen molar-refractivity contribution in [1.29, 1.82) is 0 Å². The largest absolute Gasteiger partial charge is 0.443 e. The van der Waals surface area contributed by atoms with Gasteiger partial charge >= 0.3 is 6.09 Å². The molecule has 0 spiro atoms. The van der Waals surface area contributed by atoms with Crippen molar-refractivity contribution >= 4 is 26.8 Å². The van der Waals surface area contributed by atoms with Crippen molar-refractivity contribution in [2.24, 2.45) is 5.92 Å². The first-order valence-corrected chi connectivity index (χ1v) is 15.2. The van der Waals surface area contributed by atoms with Crippen LogP contribution in [0.3, 0.4) is 0 Å². The van der Waals surface area contributed by atoms with E-state index >= 15 is 0 Å². The molecule has 0 amide bonds. The van der Waals surface area contributed by atoms with E-state index in [9.17, 15) is 13.2 Å². The Morgan fingerprint density at radius 2 is 1.68 bits per heavy atom. The van der Waals surface area contributed by atoms with Crippen molar-refractivity contribution in [1.82, 2.24) is 9.47 Å². The number of hydrogen-bond acceptors (Lipinski definition) is 5. The average molecular weight is 539 g/mol. The van der Waals surface area contributed by atoms with Crippen molar-refractivity contribution < 1.29 is 17.9 Å². The Kier molecular flexibility index (Phi) is 8.38. The number of aromatic nitrogens is 1.